The van der Waals surface area contributed by atoms with Gasteiger partial charge in [-0.05, 0) is 39.5 Å². The van der Waals surface area contributed by atoms with Gasteiger partial charge in [-0.2, -0.15) is 0 Å². The molecule has 3 heterocycles. The van der Waals surface area contributed by atoms with E-state index < -0.39 is 0 Å². The van der Waals surface area contributed by atoms with E-state index in [4.69, 9.17) is 4.42 Å². The van der Waals surface area contributed by atoms with Crippen LogP contribution in [0.4, 0.5) is 6.01 Å². The number of nitrogens with one attached hydrogen (secondary N) is 1. The summed E-state index contributed by atoms with van der Waals surface area (Å²) >= 11 is 5.14. The van der Waals surface area contributed by atoms with E-state index >= 15 is 0 Å². The average molecular weight is 337 g/mol. The maximum absolute atomic E-state index is 5.54. The molecule has 1 N–H and O–H groups in total. The van der Waals surface area contributed by atoms with E-state index in [1.165, 1.54) is 4.88 Å². The van der Waals surface area contributed by atoms with Crippen molar-refractivity contribution in [2.75, 3.05) is 5.32 Å². The second kappa shape index (κ2) is 5.50. The van der Waals surface area contributed by atoms with Crippen molar-refractivity contribution in [3.05, 3.63) is 45.3 Å². The van der Waals surface area contributed by atoms with E-state index in [2.05, 4.69) is 36.4 Å². The number of anilines is 1. The summed E-state index contributed by atoms with van der Waals surface area (Å²) in [6.07, 6.45) is 3.38. The molecule has 0 unspecified atom stereocenters. The molecule has 0 atom stereocenters. The first-order valence-electron chi connectivity index (χ1n) is 5.52. The fraction of sp³-hybridized carbons (Fsp3) is 0.0833. The first kappa shape index (κ1) is 12.3. The number of pyridine rings is 1. The van der Waals surface area contributed by atoms with Crippen LogP contribution in [0.5, 0.6) is 0 Å². The number of hydrogen-bond donors (Lipinski definition) is 1. The van der Waals surface area contributed by atoms with Crippen molar-refractivity contribution in [3.8, 4) is 11.5 Å². The number of thiophene rings is 1. The monoisotopic (exact) mass is 336 g/mol. The van der Waals surface area contributed by atoms with Crippen LogP contribution in [-0.2, 0) is 6.54 Å². The van der Waals surface area contributed by atoms with Gasteiger partial charge in [0.1, 0.15) is 0 Å². The van der Waals surface area contributed by atoms with E-state index in [1.54, 1.807) is 23.7 Å². The minimum absolute atomic E-state index is 0.409. The molecule has 0 aliphatic carbocycles. The summed E-state index contributed by atoms with van der Waals surface area (Å²) in [7, 11) is 0. The topological polar surface area (TPSA) is 63.8 Å². The molecule has 0 spiro atoms. The Kier molecular flexibility index (Phi) is 3.56. The van der Waals surface area contributed by atoms with Crippen molar-refractivity contribution in [1.82, 2.24) is 15.2 Å². The molecule has 3 rings (SSSR count). The van der Waals surface area contributed by atoms with Gasteiger partial charge in [0.25, 0.3) is 0 Å². The van der Waals surface area contributed by atoms with Crippen LogP contribution in [0, 0.1) is 0 Å². The summed E-state index contributed by atoms with van der Waals surface area (Å²) in [6.45, 7) is 0.649. The van der Waals surface area contributed by atoms with Gasteiger partial charge in [-0.3, -0.25) is 4.98 Å². The second-order valence-corrected chi connectivity index (χ2v) is 5.55. The van der Waals surface area contributed by atoms with Crippen LogP contribution < -0.4 is 5.32 Å². The Balaban J connectivity index is 1.70. The van der Waals surface area contributed by atoms with Gasteiger partial charge in [0.05, 0.1) is 6.54 Å². The lowest BCUT2D eigenvalue weighted by atomic mass is 10.3. The fourth-order valence-corrected chi connectivity index (χ4v) is 2.95. The van der Waals surface area contributed by atoms with Gasteiger partial charge in [0, 0.05) is 27.3 Å². The summed E-state index contributed by atoms with van der Waals surface area (Å²) < 4.78 is 6.62. The van der Waals surface area contributed by atoms with E-state index in [-0.39, 0.29) is 0 Å². The van der Waals surface area contributed by atoms with Crippen LogP contribution in [-0.4, -0.2) is 15.2 Å². The first-order valence-corrected chi connectivity index (χ1v) is 7.20. The van der Waals surface area contributed by atoms with Crippen molar-refractivity contribution < 1.29 is 4.42 Å². The highest BCUT2D eigenvalue weighted by molar-refractivity contribution is 9.10. The molecule has 0 saturated heterocycles. The van der Waals surface area contributed by atoms with Crippen LogP contribution in [0.25, 0.3) is 11.5 Å². The Bertz CT molecular complexity index is 667. The van der Waals surface area contributed by atoms with E-state index in [0.29, 0.717) is 18.5 Å². The Morgan fingerprint density at radius 1 is 1.21 bits per heavy atom. The number of halogens is 1. The predicted molar refractivity (Wildman–Crippen MR) is 76.9 cm³/mol. The molecule has 0 aliphatic rings. The van der Waals surface area contributed by atoms with Gasteiger partial charge in [-0.25, -0.2) is 0 Å². The third kappa shape index (κ3) is 2.82. The normalized spacial score (nSPS) is 10.6. The zero-order valence-corrected chi connectivity index (χ0v) is 12.1. The van der Waals surface area contributed by atoms with Gasteiger partial charge < -0.3 is 9.73 Å². The number of hydrogen-bond acceptors (Lipinski definition) is 6. The molecule has 0 saturated carbocycles. The molecular formula is C12H9BrN4OS. The molecule has 0 aromatic carbocycles. The van der Waals surface area contributed by atoms with Gasteiger partial charge in [-0.1, -0.05) is 5.10 Å². The maximum atomic E-state index is 5.54. The Hall–Kier alpha value is -1.73. The smallest absolute Gasteiger partial charge is 0.316 e. The lowest BCUT2D eigenvalue weighted by Gasteiger charge is -1.98. The standard InChI is InChI=1S/C12H9BrN4OS/c13-9-3-6-19-10(9)7-15-12-17-16-11(18-12)8-1-4-14-5-2-8/h1-6H,7H2,(H,15,17). The van der Waals surface area contributed by atoms with Gasteiger partial charge in [-0.15, -0.1) is 16.4 Å². The van der Waals surface area contributed by atoms with Crippen molar-refractivity contribution >= 4 is 33.3 Å². The van der Waals surface area contributed by atoms with E-state index in [0.717, 1.165) is 10.0 Å². The second-order valence-electron chi connectivity index (χ2n) is 3.69. The summed E-state index contributed by atoms with van der Waals surface area (Å²) in [6, 6.07) is 6.07. The third-order valence-corrected chi connectivity index (χ3v) is 4.37. The average Bonchev–Trinajstić information content (AvgIpc) is 3.06. The summed E-state index contributed by atoms with van der Waals surface area (Å²) in [4.78, 5) is 5.13. The lowest BCUT2D eigenvalue weighted by Crippen LogP contribution is -1.97. The van der Waals surface area contributed by atoms with E-state index in [9.17, 15) is 0 Å². The molecule has 3 aromatic rings. The lowest BCUT2D eigenvalue weighted by molar-refractivity contribution is 0.581. The van der Waals surface area contributed by atoms with Crippen molar-refractivity contribution in [2.45, 2.75) is 6.54 Å². The zero-order valence-electron chi connectivity index (χ0n) is 9.71. The molecule has 0 aliphatic heterocycles. The Morgan fingerprint density at radius 3 is 2.79 bits per heavy atom. The highest BCUT2D eigenvalue weighted by Gasteiger charge is 2.08. The van der Waals surface area contributed by atoms with Crippen LogP contribution in [0.15, 0.2) is 44.9 Å². The molecule has 0 radical (unpaired) electrons. The Morgan fingerprint density at radius 2 is 2.05 bits per heavy atom. The number of nitrogens with zero attached hydrogens (tertiary/aromatic N) is 3. The molecule has 19 heavy (non-hydrogen) atoms. The van der Waals surface area contributed by atoms with Gasteiger partial charge in [0.15, 0.2) is 0 Å². The van der Waals surface area contributed by atoms with Gasteiger partial charge >= 0.3 is 6.01 Å². The largest absolute Gasteiger partial charge is 0.403 e. The summed E-state index contributed by atoms with van der Waals surface area (Å²) in [5, 5.41) is 13.1. The molecule has 0 amide bonds. The molecule has 3 aromatic heterocycles. The van der Waals surface area contributed by atoms with Crippen molar-refractivity contribution in [1.29, 1.82) is 0 Å². The molecule has 7 heteroatoms. The zero-order chi connectivity index (χ0) is 13.1. The number of rotatable bonds is 4. The highest BCUT2D eigenvalue weighted by Crippen LogP contribution is 2.24. The summed E-state index contributed by atoms with van der Waals surface area (Å²) in [5.74, 6) is 0.482. The maximum Gasteiger partial charge on any atom is 0.316 e. The molecule has 5 nitrogen and oxygen atoms in total. The molecule has 0 bridgehead atoms. The third-order valence-electron chi connectivity index (χ3n) is 2.44. The minimum Gasteiger partial charge on any atom is -0.403 e. The van der Waals surface area contributed by atoms with E-state index in [1.807, 2.05) is 23.6 Å². The number of aromatic nitrogens is 3. The molecule has 96 valence electrons. The van der Waals surface area contributed by atoms with Crippen LogP contribution in [0.1, 0.15) is 4.88 Å². The fourth-order valence-electron chi connectivity index (χ4n) is 1.51. The van der Waals surface area contributed by atoms with Crippen LogP contribution >= 0.6 is 27.3 Å². The Labute approximate surface area is 121 Å². The van der Waals surface area contributed by atoms with Crippen LogP contribution in [0.3, 0.4) is 0 Å². The molecule has 0 fully saturated rings. The minimum atomic E-state index is 0.409. The quantitative estimate of drug-likeness (QED) is 0.789. The van der Waals surface area contributed by atoms with Crippen LogP contribution in [0.2, 0.25) is 0 Å². The van der Waals surface area contributed by atoms with Gasteiger partial charge in [0.2, 0.25) is 5.89 Å². The molecular weight excluding hydrogens is 328 g/mol. The SMILES string of the molecule is Brc1ccsc1CNc1nnc(-c2ccncc2)o1. The predicted octanol–water partition coefficient (Wildman–Crippen LogP) is 3.57. The van der Waals surface area contributed by atoms with Crippen molar-refractivity contribution in [2.24, 2.45) is 0 Å². The van der Waals surface area contributed by atoms with Crippen molar-refractivity contribution in [3.63, 3.8) is 0 Å². The highest BCUT2D eigenvalue weighted by atomic mass is 79.9. The summed E-state index contributed by atoms with van der Waals surface area (Å²) in [5.41, 5.74) is 0.854. The first-order chi connectivity index (χ1) is 9.33.